The summed E-state index contributed by atoms with van der Waals surface area (Å²) in [7, 11) is 0. The van der Waals surface area contributed by atoms with E-state index in [0.717, 1.165) is 5.56 Å². The second-order valence-corrected chi connectivity index (χ2v) is 4.86. The topological polar surface area (TPSA) is 47.0 Å². The molecular formula is C14H13NO2S. The molecule has 0 aliphatic carbocycles. The second-order valence-electron chi connectivity index (χ2n) is 3.96. The van der Waals surface area contributed by atoms with Crippen molar-refractivity contribution >= 4 is 22.9 Å². The fraction of sp³-hybridized carbons (Fsp3) is 0.214. The average molecular weight is 259 g/mol. The molecule has 18 heavy (non-hydrogen) atoms. The number of carbonyl (C=O) groups excluding carboxylic acids is 2. The van der Waals surface area contributed by atoms with Crippen molar-refractivity contribution in [1.82, 2.24) is 4.98 Å². The van der Waals surface area contributed by atoms with Gasteiger partial charge < -0.3 is 0 Å². The Kier molecular flexibility index (Phi) is 4.36. The molecule has 0 spiro atoms. The van der Waals surface area contributed by atoms with Gasteiger partial charge in [0.15, 0.2) is 10.8 Å². The first-order chi connectivity index (χ1) is 8.75. The second kappa shape index (κ2) is 6.21. The van der Waals surface area contributed by atoms with Gasteiger partial charge in [0.1, 0.15) is 5.78 Å². The lowest BCUT2D eigenvalue weighted by atomic mass is 10.0. The number of carbonyl (C=O) groups is 2. The van der Waals surface area contributed by atoms with Crippen LogP contribution in [-0.4, -0.2) is 16.6 Å². The summed E-state index contributed by atoms with van der Waals surface area (Å²) < 4.78 is 0. The predicted octanol–water partition coefficient (Wildman–Crippen LogP) is 2.92. The van der Waals surface area contributed by atoms with Crippen LogP contribution in [0.1, 0.15) is 28.2 Å². The van der Waals surface area contributed by atoms with E-state index in [4.69, 9.17) is 0 Å². The summed E-state index contributed by atoms with van der Waals surface area (Å²) in [5.41, 5.74) is 0.990. The summed E-state index contributed by atoms with van der Waals surface area (Å²) in [4.78, 5) is 27.3. The molecule has 0 unspecified atom stereocenters. The molecule has 0 saturated carbocycles. The van der Waals surface area contributed by atoms with Crippen LogP contribution >= 0.6 is 11.3 Å². The number of Topliss-reactive ketones (excluding diaryl/α,β-unsaturated/α-hetero) is 2. The highest BCUT2D eigenvalue weighted by Crippen LogP contribution is 2.10. The van der Waals surface area contributed by atoms with Gasteiger partial charge in [0.25, 0.3) is 0 Å². The van der Waals surface area contributed by atoms with Crippen molar-refractivity contribution in [1.29, 1.82) is 0 Å². The Morgan fingerprint density at radius 3 is 2.56 bits per heavy atom. The Morgan fingerprint density at radius 1 is 1.11 bits per heavy atom. The normalized spacial score (nSPS) is 10.2. The van der Waals surface area contributed by atoms with E-state index in [2.05, 4.69) is 4.98 Å². The molecule has 0 bridgehead atoms. The van der Waals surface area contributed by atoms with Crippen LogP contribution in [0.5, 0.6) is 0 Å². The summed E-state index contributed by atoms with van der Waals surface area (Å²) in [6, 6.07) is 9.56. The molecule has 1 heterocycles. The lowest BCUT2D eigenvalue weighted by Crippen LogP contribution is -2.07. The summed E-state index contributed by atoms with van der Waals surface area (Å²) >= 11 is 1.31. The number of benzene rings is 1. The van der Waals surface area contributed by atoms with E-state index in [1.54, 1.807) is 11.6 Å². The van der Waals surface area contributed by atoms with E-state index in [9.17, 15) is 9.59 Å². The molecular weight excluding hydrogens is 246 g/mol. The van der Waals surface area contributed by atoms with E-state index >= 15 is 0 Å². The molecule has 0 saturated heterocycles. The maximum Gasteiger partial charge on any atom is 0.191 e. The smallest absolute Gasteiger partial charge is 0.191 e. The standard InChI is InChI=1S/C14H13NO2S/c16-12(10-11-4-2-1-3-5-11)6-7-13(17)14-15-8-9-18-14/h1-5,8-9H,6-7,10H2. The number of hydrogen-bond acceptors (Lipinski definition) is 4. The SMILES string of the molecule is O=C(CCC(=O)c1nccs1)Cc1ccccc1. The number of thiazole rings is 1. The van der Waals surface area contributed by atoms with Crippen LogP contribution in [0.4, 0.5) is 0 Å². The van der Waals surface area contributed by atoms with Crippen LogP contribution in [-0.2, 0) is 11.2 Å². The minimum absolute atomic E-state index is 0.0496. The molecule has 4 heteroatoms. The summed E-state index contributed by atoms with van der Waals surface area (Å²) in [5, 5.41) is 2.25. The van der Waals surface area contributed by atoms with Gasteiger partial charge in [-0.1, -0.05) is 30.3 Å². The number of aromatic nitrogens is 1. The number of rotatable bonds is 6. The van der Waals surface area contributed by atoms with Crippen molar-refractivity contribution < 1.29 is 9.59 Å². The van der Waals surface area contributed by atoms with Gasteiger partial charge in [-0.2, -0.15) is 0 Å². The lowest BCUT2D eigenvalue weighted by Gasteiger charge is -2.00. The zero-order valence-electron chi connectivity index (χ0n) is 9.83. The highest BCUT2D eigenvalue weighted by Gasteiger charge is 2.11. The maximum absolute atomic E-state index is 11.7. The van der Waals surface area contributed by atoms with Gasteiger partial charge in [0.05, 0.1) is 0 Å². The van der Waals surface area contributed by atoms with Gasteiger partial charge in [-0.25, -0.2) is 4.98 Å². The maximum atomic E-state index is 11.7. The van der Waals surface area contributed by atoms with E-state index in [0.29, 0.717) is 11.4 Å². The molecule has 1 aromatic heterocycles. The van der Waals surface area contributed by atoms with Crippen LogP contribution in [0.25, 0.3) is 0 Å². The van der Waals surface area contributed by atoms with Crippen molar-refractivity contribution in [3.8, 4) is 0 Å². The quantitative estimate of drug-likeness (QED) is 0.749. The molecule has 0 atom stereocenters. The zero-order valence-corrected chi connectivity index (χ0v) is 10.7. The first-order valence-electron chi connectivity index (χ1n) is 5.74. The molecule has 0 N–H and O–H groups in total. The summed E-state index contributed by atoms with van der Waals surface area (Å²) in [6.45, 7) is 0. The number of hydrogen-bond donors (Lipinski definition) is 0. The Balaban J connectivity index is 1.80. The van der Waals surface area contributed by atoms with Crippen LogP contribution in [0.15, 0.2) is 41.9 Å². The lowest BCUT2D eigenvalue weighted by molar-refractivity contribution is -0.118. The van der Waals surface area contributed by atoms with Crippen molar-refractivity contribution in [3.05, 3.63) is 52.5 Å². The van der Waals surface area contributed by atoms with Crippen LogP contribution in [0, 0.1) is 0 Å². The third-order valence-electron chi connectivity index (χ3n) is 2.55. The van der Waals surface area contributed by atoms with Crippen molar-refractivity contribution in [2.75, 3.05) is 0 Å². The Bertz CT molecular complexity index is 520. The molecule has 2 rings (SSSR count). The molecule has 0 aliphatic heterocycles. The van der Waals surface area contributed by atoms with E-state index in [1.807, 2.05) is 30.3 Å². The van der Waals surface area contributed by atoms with Crippen LogP contribution in [0.3, 0.4) is 0 Å². The largest absolute Gasteiger partial charge is 0.299 e. The Labute approximate surface area is 109 Å². The van der Waals surface area contributed by atoms with Gasteiger partial charge >= 0.3 is 0 Å². The predicted molar refractivity (Wildman–Crippen MR) is 70.8 cm³/mol. The Morgan fingerprint density at radius 2 is 1.89 bits per heavy atom. The van der Waals surface area contributed by atoms with E-state index in [-0.39, 0.29) is 24.4 Å². The van der Waals surface area contributed by atoms with Crippen molar-refractivity contribution in [2.24, 2.45) is 0 Å². The fourth-order valence-electron chi connectivity index (χ4n) is 1.63. The fourth-order valence-corrected chi connectivity index (χ4v) is 2.24. The van der Waals surface area contributed by atoms with Gasteiger partial charge in [-0.3, -0.25) is 9.59 Å². The number of ketones is 2. The minimum atomic E-state index is -0.0496. The molecule has 2 aromatic rings. The van der Waals surface area contributed by atoms with Gasteiger partial charge in [0.2, 0.25) is 0 Å². The van der Waals surface area contributed by atoms with E-state index in [1.165, 1.54) is 11.3 Å². The van der Waals surface area contributed by atoms with Crippen LogP contribution < -0.4 is 0 Å². The summed E-state index contributed by atoms with van der Waals surface area (Å²) in [6.07, 6.45) is 2.53. The molecule has 1 aromatic carbocycles. The first kappa shape index (κ1) is 12.6. The minimum Gasteiger partial charge on any atom is -0.299 e. The van der Waals surface area contributed by atoms with Crippen LogP contribution in [0.2, 0.25) is 0 Å². The van der Waals surface area contributed by atoms with Crippen molar-refractivity contribution in [3.63, 3.8) is 0 Å². The monoisotopic (exact) mass is 259 g/mol. The van der Waals surface area contributed by atoms with Gasteiger partial charge in [0, 0.05) is 30.8 Å². The Hall–Kier alpha value is -1.81. The summed E-state index contributed by atoms with van der Waals surface area (Å²) in [5.74, 6) is 0.0394. The van der Waals surface area contributed by atoms with E-state index < -0.39 is 0 Å². The highest BCUT2D eigenvalue weighted by molar-refractivity contribution is 7.11. The average Bonchev–Trinajstić information content (AvgIpc) is 2.91. The molecule has 3 nitrogen and oxygen atoms in total. The van der Waals surface area contributed by atoms with Gasteiger partial charge in [-0.05, 0) is 5.56 Å². The molecule has 0 amide bonds. The van der Waals surface area contributed by atoms with Crippen molar-refractivity contribution in [2.45, 2.75) is 19.3 Å². The number of nitrogens with zero attached hydrogens (tertiary/aromatic N) is 1. The molecule has 0 fully saturated rings. The van der Waals surface area contributed by atoms with Gasteiger partial charge in [-0.15, -0.1) is 11.3 Å². The third-order valence-corrected chi connectivity index (χ3v) is 3.36. The third kappa shape index (κ3) is 3.60. The first-order valence-corrected chi connectivity index (χ1v) is 6.62. The zero-order chi connectivity index (χ0) is 12.8. The molecule has 0 aliphatic rings. The molecule has 92 valence electrons. The molecule has 0 radical (unpaired) electrons. The highest BCUT2D eigenvalue weighted by atomic mass is 32.1.